The Balaban J connectivity index is 1.70. The van der Waals surface area contributed by atoms with Gasteiger partial charge in [0.1, 0.15) is 5.52 Å². The zero-order chi connectivity index (χ0) is 14.7. The molecular formula is C14H13N5OS. The monoisotopic (exact) mass is 299 g/mol. The van der Waals surface area contributed by atoms with Crippen LogP contribution in [0.5, 0.6) is 0 Å². The van der Waals surface area contributed by atoms with Crippen molar-refractivity contribution in [1.82, 2.24) is 20.4 Å². The van der Waals surface area contributed by atoms with Crippen LogP contribution < -0.4 is 5.43 Å². The maximum atomic E-state index is 11.8. The molecule has 2 heterocycles. The highest BCUT2D eigenvalue weighted by atomic mass is 32.1. The number of fused-ring (bicyclic) bond motifs is 1. The van der Waals surface area contributed by atoms with Gasteiger partial charge in [0.15, 0.2) is 0 Å². The van der Waals surface area contributed by atoms with Crippen molar-refractivity contribution in [3.05, 3.63) is 46.7 Å². The van der Waals surface area contributed by atoms with Crippen LogP contribution in [-0.2, 0) is 6.54 Å². The number of amides is 1. The summed E-state index contributed by atoms with van der Waals surface area (Å²) in [5, 5.41) is 14.1. The number of carbonyl (C=O) groups excluding carboxylic acids is 1. The zero-order valence-corrected chi connectivity index (χ0v) is 12.2. The molecule has 0 saturated heterocycles. The van der Waals surface area contributed by atoms with Crippen molar-refractivity contribution in [2.75, 3.05) is 0 Å². The van der Waals surface area contributed by atoms with Crippen molar-refractivity contribution < 1.29 is 4.79 Å². The van der Waals surface area contributed by atoms with Crippen molar-refractivity contribution >= 4 is 34.0 Å². The van der Waals surface area contributed by atoms with Crippen molar-refractivity contribution in [1.29, 1.82) is 0 Å². The first kappa shape index (κ1) is 13.4. The highest BCUT2D eigenvalue weighted by molar-refractivity contribution is 7.12. The van der Waals surface area contributed by atoms with Crippen molar-refractivity contribution in [2.45, 2.75) is 13.5 Å². The lowest BCUT2D eigenvalue weighted by atomic mass is 10.3. The van der Waals surface area contributed by atoms with Gasteiger partial charge >= 0.3 is 0 Å². The highest BCUT2D eigenvalue weighted by Gasteiger charge is 2.06. The number of nitrogens with one attached hydrogen (secondary N) is 1. The number of hydrogen-bond acceptors (Lipinski definition) is 5. The second-order valence-corrected chi connectivity index (χ2v) is 5.45. The van der Waals surface area contributed by atoms with Crippen LogP contribution in [0.15, 0.2) is 46.9 Å². The first-order valence-electron chi connectivity index (χ1n) is 6.39. The Kier molecular flexibility index (Phi) is 3.74. The molecule has 6 nitrogen and oxygen atoms in total. The van der Waals surface area contributed by atoms with Crippen LogP contribution in [-0.4, -0.2) is 26.6 Å². The van der Waals surface area contributed by atoms with Gasteiger partial charge in [-0.2, -0.15) is 5.10 Å². The van der Waals surface area contributed by atoms with Crippen LogP contribution >= 0.6 is 11.3 Å². The zero-order valence-electron chi connectivity index (χ0n) is 11.4. The van der Waals surface area contributed by atoms with E-state index in [1.807, 2.05) is 42.6 Å². The van der Waals surface area contributed by atoms with Crippen molar-refractivity contribution in [2.24, 2.45) is 5.10 Å². The number of carbonyl (C=O) groups is 1. The molecule has 0 unspecified atom stereocenters. The van der Waals surface area contributed by atoms with Crippen LogP contribution in [0.4, 0.5) is 0 Å². The molecule has 0 bridgehead atoms. The Hall–Kier alpha value is -2.54. The SMILES string of the molecule is C/C(Cn1nnc2ccccc21)=N/NC(=O)c1cccs1. The lowest BCUT2D eigenvalue weighted by Crippen LogP contribution is -2.19. The van der Waals surface area contributed by atoms with Gasteiger partial charge in [-0.05, 0) is 30.5 Å². The molecular weight excluding hydrogens is 286 g/mol. The van der Waals surface area contributed by atoms with E-state index in [0.717, 1.165) is 16.7 Å². The van der Waals surface area contributed by atoms with E-state index in [1.165, 1.54) is 11.3 Å². The number of nitrogens with zero attached hydrogens (tertiary/aromatic N) is 4. The fraction of sp³-hybridized carbons (Fsp3) is 0.143. The molecule has 0 aliphatic rings. The van der Waals surface area contributed by atoms with Gasteiger partial charge in [-0.15, -0.1) is 16.4 Å². The summed E-state index contributed by atoms with van der Waals surface area (Å²) in [6.45, 7) is 2.32. The van der Waals surface area contributed by atoms with Crippen molar-refractivity contribution in [3.8, 4) is 0 Å². The van der Waals surface area contributed by atoms with E-state index in [2.05, 4.69) is 20.8 Å². The molecule has 21 heavy (non-hydrogen) atoms. The van der Waals surface area contributed by atoms with Crippen LogP contribution in [0.2, 0.25) is 0 Å². The molecule has 0 spiro atoms. The third kappa shape index (κ3) is 2.97. The van der Waals surface area contributed by atoms with E-state index in [9.17, 15) is 4.79 Å². The minimum absolute atomic E-state index is 0.201. The van der Waals surface area contributed by atoms with Gasteiger partial charge in [0.05, 0.1) is 22.7 Å². The second-order valence-electron chi connectivity index (χ2n) is 4.50. The average Bonchev–Trinajstić information content (AvgIpc) is 3.15. The van der Waals surface area contributed by atoms with Gasteiger partial charge < -0.3 is 0 Å². The summed E-state index contributed by atoms with van der Waals surface area (Å²) >= 11 is 1.38. The Labute approximate surface area is 125 Å². The first-order valence-corrected chi connectivity index (χ1v) is 7.27. The Bertz CT molecular complexity index is 791. The first-order chi connectivity index (χ1) is 10.2. The minimum Gasteiger partial charge on any atom is -0.266 e. The molecule has 0 radical (unpaired) electrons. The van der Waals surface area contributed by atoms with Gasteiger partial charge in [0, 0.05) is 0 Å². The van der Waals surface area contributed by atoms with Crippen molar-refractivity contribution in [3.63, 3.8) is 0 Å². The molecule has 0 saturated carbocycles. The summed E-state index contributed by atoms with van der Waals surface area (Å²) in [7, 11) is 0. The lowest BCUT2D eigenvalue weighted by Gasteiger charge is -2.02. The Morgan fingerprint density at radius 2 is 2.19 bits per heavy atom. The van der Waals surface area contributed by atoms with Crippen LogP contribution in [0, 0.1) is 0 Å². The second kappa shape index (κ2) is 5.84. The third-order valence-corrected chi connectivity index (χ3v) is 3.76. The predicted octanol–water partition coefficient (Wildman–Crippen LogP) is 2.30. The Morgan fingerprint density at radius 1 is 1.33 bits per heavy atom. The quantitative estimate of drug-likeness (QED) is 0.593. The maximum Gasteiger partial charge on any atom is 0.281 e. The van der Waals surface area contributed by atoms with E-state index in [0.29, 0.717) is 11.4 Å². The van der Waals surface area contributed by atoms with Gasteiger partial charge in [0.2, 0.25) is 0 Å². The smallest absolute Gasteiger partial charge is 0.266 e. The van der Waals surface area contributed by atoms with Crippen LogP contribution in [0.25, 0.3) is 11.0 Å². The maximum absolute atomic E-state index is 11.8. The summed E-state index contributed by atoms with van der Waals surface area (Å²) in [5.74, 6) is -0.201. The number of aromatic nitrogens is 3. The number of benzene rings is 1. The van der Waals surface area contributed by atoms with Gasteiger partial charge in [-0.25, -0.2) is 10.1 Å². The predicted molar refractivity (Wildman–Crippen MR) is 82.4 cm³/mol. The molecule has 1 N–H and O–H groups in total. The van der Waals surface area contributed by atoms with E-state index in [4.69, 9.17) is 0 Å². The number of thiophene rings is 1. The van der Waals surface area contributed by atoms with E-state index < -0.39 is 0 Å². The summed E-state index contributed by atoms with van der Waals surface area (Å²) in [5.41, 5.74) is 5.07. The number of para-hydroxylation sites is 1. The minimum atomic E-state index is -0.201. The number of rotatable bonds is 4. The average molecular weight is 299 g/mol. The summed E-state index contributed by atoms with van der Waals surface area (Å²) in [6.07, 6.45) is 0. The van der Waals surface area contributed by atoms with Gasteiger partial charge in [0.25, 0.3) is 5.91 Å². The third-order valence-electron chi connectivity index (χ3n) is 2.89. The van der Waals surface area contributed by atoms with Crippen LogP contribution in [0.1, 0.15) is 16.6 Å². The molecule has 106 valence electrons. The molecule has 0 aliphatic heterocycles. The van der Waals surface area contributed by atoms with Gasteiger partial charge in [-0.3, -0.25) is 4.79 Å². The summed E-state index contributed by atoms with van der Waals surface area (Å²) in [4.78, 5) is 12.4. The molecule has 0 fully saturated rings. The fourth-order valence-electron chi connectivity index (χ4n) is 1.90. The Morgan fingerprint density at radius 3 is 3.00 bits per heavy atom. The van der Waals surface area contributed by atoms with E-state index in [1.54, 1.807) is 10.7 Å². The van der Waals surface area contributed by atoms with E-state index >= 15 is 0 Å². The summed E-state index contributed by atoms with van der Waals surface area (Å²) < 4.78 is 1.76. The molecule has 1 aromatic carbocycles. The van der Waals surface area contributed by atoms with E-state index in [-0.39, 0.29) is 5.91 Å². The molecule has 7 heteroatoms. The standard InChI is InChI=1S/C14H13N5OS/c1-10(15-17-14(20)13-7-4-8-21-13)9-19-12-6-3-2-5-11(12)16-18-19/h2-8H,9H2,1H3,(H,17,20)/b15-10-. The fourth-order valence-corrected chi connectivity index (χ4v) is 2.51. The molecule has 3 aromatic rings. The molecule has 1 amide bonds. The largest absolute Gasteiger partial charge is 0.281 e. The molecule has 3 rings (SSSR count). The normalized spacial score (nSPS) is 11.8. The topological polar surface area (TPSA) is 72.2 Å². The lowest BCUT2D eigenvalue weighted by molar-refractivity contribution is 0.0958. The highest BCUT2D eigenvalue weighted by Crippen LogP contribution is 2.10. The summed E-state index contributed by atoms with van der Waals surface area (Å²) in [6, 6.07) is 11.3. The molecule has 0 aliphatic carbocycles. The van der Waals surface area contributed by atoms with Crippen LogP contribution in [0.3, 0.4) is 0 Å². The number of hydrogen-bond donors (Lipinski definition) is 1. The van der Waals surface area contributed by atoms with Gasteiger partial charge in [-0.1, -0.05) is 23.4 Å². The number of hydrazone groups is 1. The molecule has 2 aromatic heterocycles. The molecule has 0 atom stereocenters.